The molecule has 0 aliphatic heterocycles. The fraction of sp³-hybridized carbons (Fsp3) is 0.143. The SMILES string of the molecule is CS(=O)(=O)Oc1cc([N+](=O)[O-])c(Cl)c([N+](=O)[O-])c1. The lowest BCUT2D eigenvalue weighted by Gasteiger charge is -2.04. The molecule has 0 amide bonds. The fourth-order valence-electron chi connectivity index (χ4n) is 1.06. The lowest BCUT2D eigenvalue weighted by Crippen LogP contribution is -2.06. The minimum Gasteiger partial charge on any atom is -0.382 e. The van der Waals surface area contributed by atoms with Crippen LogP contribution in [0, 0.1) is 20.2 Å². The van der Waals surface area contributed by atoms with Crippen molar-refractivity contribution in [3.05, 3.63) is 37.4 Å². The van der Waals surface area contributed by atoms with Crippen LogP contribution in [0.1, 0.15) is 0 Å². The molecule has 0 atom stereocenters. The minimum absolute atomic E-state index is 0.555. The second-order valence-electron chi connectivity index (χ2n) is 3.08. The van der Waals surface area contributed by atoms with Crippen LogP contribution < -0.4 is 4.18 Å². The normalized spacial score (nSPS) is 11.0. The summed E-state index contributed by atoms with van der Waals surface area (Å²) < 4.78 is 26.0. The fourth-order valence-corrected chi connectivity index (χ4v) is 1.75. The van der Waals surface area contributed by atoms with E-state index < -0.39 is 42.1 Å². The molecule has 0 N–H and O–H groups in total. The molecule has 1 aromatic carbocycles. The van der Waals surface area contributed by atoms with Crippen LogP contribution in [-0.2, 0) is 10.1 Å². The highest BCUT2D eigenvalue weighted by molar-refractivity contribution is 7.86. The Morgan fingerprint density at radius 2 is 1.56 bits per heavy atom. The standard InChI is InChI=1S/C7H5ClN2O7S/c1-18(15,16)17-4-2-5(9(11)12)7(8)6(3-4)10(13)14/h2-3H,1H3. The zero-order valence-corrected chi connectivity index (χ0v) is 10.3. The van der Waals surface area contributed by atoms with Gasteiger partial charge in [-0.25, -0.2) is 0 Å². The molecule has 0 aliphatic rings. The van der Waals surface area contributed by atoms with Crippen molar-refractivity contribution in [2.75, 3.05) is 6.26 Å². The summed E-state index contributed by atoms with van der Waals surface area (Å²) in [5.74, 6) is -0.555. The predicted octanol–water partition coefficient (Wildman–Crippen LogP) is 1.49. The van der Waals surface area contributed by atoms with Gasteiger partial charge in [-0.1, -0.05) is 11.6 Å². The van der Waals surface area contributed by atoms with Gasteiger partial charge in [0.1, 0.15) is 0 Å². The molecule has 0 heterocycles. The Bertz CT molecular complexity index is 592. The van der Waals surface area contributed by atoms with E-state index in [1.165, 1.54) is 0 Å². The van der Waals surface area contributed by atoms with Crippen LogP contribution >= 0.6 is 11.6 Å². The lowest BCUT2D eigenvalue weighted by molar-refractivity contribution is -0.394. The molecule has 0 aromatic heterocycles. The first-order valence-corrected chi connectivity index (χ1v) is 6.33. The second kappa shape index (κ2) is 4.74. The Morgan fingerprint density at radius 3 is 1.83 bits per heavy atom. The number of hydrogen-bond donors (Lipinski definition) is 0. The lowest BCUT2D eigenvalue weighted by atomic mass is 10.2. The van der Waals surface area contributed by atoms with Crippen LogP contribution in [0.25, 0.3) is 0 Å². The topological polar surface area (TPSA) is 130 Å². The monoisotopic (exact) mass is 296 g/mol. The molecule has 18 heavy (non-hydrogen) atoms. The van der Waals surface area contributed by atoms with E-state index in [2.05, 4.69) is 4.18 Å². The molecule has 0 spiro atoms. The zero-order valence-electron chi connectivity index (χ0n) is 8.69. The number of nitro groups is 2. The van der Waals surface area contributed by atoms with Crippen LogP contribution in [0.3, 0.4) is 0 Å². The largest absolute Gasteiger partial charge is 0.382 e. The Balaban J connectivity index is 3.48. The number of benzene rings is 1. The van der Waals surface area contributed by atoms with Crippen LogP contribution in [0.2, 0.25) is 5.02 Å². The molecule has 0 radical (unpaired) electrons. The molecule has 0 fully saturated rings. The summed E-state index contributed by atoms with van der Waals surface area (Å²) >= 11 is 5.45. The van der Waals surface area contributed by atoms with Crippen LogP contribution in [0.5, 0.6) is 5.75 Å². The molecule has 1 rings (SSSR count). The van der Waals surface area contributed by atoms with Gasteiger partial charge < -0.3 is 4.18 Å². The Labute approximate surface area is 105 Å². The molecular formula is C7H5ClN2O7S. The van der Waals surface area contributed by atoms with Crippen molar-refractivity contribution in [2.45, 2.75) is 0 Å². The summed E-state index contributed by atoms with van der Waals surface area (Å²) in [4.78, 5) is 19.3. The average molecular weight is 297 g/mol. The molecule has 0 saturated carbocycles. The first-order chi connectivity index (χ1) is 8.11. The van der Waals surface area contributed by atoms with Crippen LogP contribution in [0.15, 0.2) is 12.1 Å². The third-order valence-corrected chi connectivity index (χ3v) is 2.53. The molecule has 9 nitrogen and oxygen atoms in total. The maximum Gasteiger partial charge on any atom is 0.306 e. The number of hydrogen-bond acceptors (Lipinski definition) is 7. The van der Waals surface area contributed by atoms with Crippen molar-refractivity contribution in [3.8, 4) is 5.75 Å². The summed E-state index contributed by atoms with van der Waals surface area (Å²) in [5.41, 5.74) is -1.63. The Kier molecular flexibility index (Phi) is 3.72. The second-order valence-corrected chi connectivity index (χ2v) is 5.03. The highest BCUT2D eigenvalue weighted by Gasteiger charge is 2.26. The van der Waals surface area contributed by atoms with E-state index in [-0.39, 0.29) is 0 Å². The third kappa shape index (κ3) is 3.28. The van der Waals surface area contributed by atoms with Crippen LogP contribution in [0.4, 0.5) is 11.4 Å². The third-order valence-electron chi connectivity index (χ3n) is 1.65. The molecule has 1 aromatic rings. The van der Waals surface area contributed by atoms with E-state index in [1.807, 2.05) is 0 Å². The number of nitrogens with zero attached hydrogens (tertiary/aromatic N) is 2. The van der Waals surface area contributed by atoms with Gasteiger partial charge in [-0.3, -0.25) is 20.2 Å². The number of nitro benzene ring substituents is 2. The van der Waals surface area contributed by atoms with Crippen molar-refractivity contribution in [1.29, 1.82) is 0 Å². The van der Waals surface area contributed by atoms with Gasteiger partial charge in [-0.05, 0) is 0 Å². The number of rotatable bonds is 4. The molecular weight excluding hydrogens is 292 g/mol. The molecule has 0 aliphatic carbocycles. The maximum absolute atomic E-state index is 10.9. The number of halogens is 1. The summed E-state index contributed by atoms with van der Waals surface area (Å²) in [6, 6.07) is 1.38. The van der Waals surface area contributed by atoms with Crippen molar-refractivity contribution in [3.63, 3.8) is 0 Å². The first-order valence-electron chi connectivity index (χ1n) is 4.13. The quantitative estimate of drug-likeness (QED) is 0.467. The van der Waals surface area contributed by atoms with Gasteiger partial charge in [0.2, 0.25) is 0 Å². The van der Waals surface area contributed by atoms with E-state index in [1.54, 1.807) is 0 Å². The van der Waals surface area contributed by atoms with E-state index in [0.29, 0.717) is 18.4 Å². The highest BCUT2D eigenvalue weighted by Crippen LogP contribution is 2.37. The molecule has 0 unspecified atom stereocenters. The summed E-state index contributed by atoms with van der Waals surface area (Å²) in [7, 11) is -3.96. The van der Waals surface area contributed by atoms with Gasteiger partial charge in [-0.15, -0.1) is 0 Å². The van der Waals surface area contributed by atoms with E-state index in [4.69, 9.17) is 11.6 Å². The van der Waals surface area contributed by atoms with Crippen molar-refractivity contribution < 1.29 is 22.4 Å². The summed E-state index contributed by atoms with van der Waals surface area (Å²) in [6.07, 6.45) is 0.694. The summed E-state index contributed by atoms with van der Waals surface area (Å²) in [5, 5.41) is 20.5. The van der Waals surface area contributed by atoms with Gasteiger partial charge in [0.15, 0.2) is 10.8 Å². The molecule has 0 saturated heterocycles. The zero-order chi connectivity index (χ0) is 14.1. The van der Waals surface area contributed by atoms with E-state index in [9.17, 15) is 28.6 Å². The average Bonchev–Trinajstić information content (AvgIpc) is 2.17. The van der Waals surface area contributed by atoms with Crippen molar-refractivity contribution in [1.82, 2.24) is 0 Å². The van der Waals surface area contributed by atoms with Gasteiger partial charge in [0.25, 0.3) is 11.4 Å². The minimum atomic E-state index is -3.96. The first kappa shape index (κ1) is 14.1. The van der Waals surface area contributed by atoms with E-state index >= 15 is 0 Å². The Hall–Kier alpha value is -1.94. The maximum atomic E-state index is 10.9. The van der Waals surface area contributed by atoms with Crippen LogP contribution in [-0.4, -0.2) is 24.5 Å². The smallest absolute Gasteiger partial charge is 0.306 e. The summed E-state index contributed by atoms with van der Waals surface area (Å²) in [6.45, 7) is 0. The molecule has 0 bridgehead atoms. The molecule has 11 heteroatoms. The molecule has 98 valence electrons. The van der Waals surface area contributed by atoms with Gasteiger partial charge in [0, 0.05) is 0 Å². The van der Waals surface area contributed by atoms with E-state index in [0.717, 1.165) is 0 Å². The van der Waals surface area contributed by atoms with Gasteiger partial charge in [0.05, 0.1) is 28.2 Å². The van der Waals surface area contributed by atoms with Crippen molar-refractivity contribution in [2.24, 2.45) is 0 Å². The predicted molar refractivity (Wildman–Crippen MR) is 60.2 cm³/mol. The Morgan fingerprint density at radius 1 is 1.17 bits per heavy atom. The van der Waals surface area contributed by atoms with Gasteiger partial charge in [-0.2, -0.15) is 8.42 Å². The van der Waals surface area contributed by atoms with Crippen molar-refractivity contribution >= 4 is 33.1 Å². The van der Waals surface area contributed by atoms with Gasteiger partial charge >= 0.3 is 10.1 Å². The highest BCUT2D eigenvalue weighted by atomic mass is 35.5.